The van der Waals surface area contributed by atoms with E-state index in [1.807, 2.05) is 0 Å². The zero-order chi connectivity index (χ0) is 15.3. The van der Waals surface area contributed by atoms with Gasteiger partial charge in [0.2, 0.25) is 11.8 Å². The molecular formula is C14H18N2O4. The molecule has 2 N–H and O–H groups in total. The van der Waals surface area contributed by atoms with Crippen molar-refractivity contribution in [3.63, 3.8) is 0 Å². The van der Waals surface area contributed by atoms with Crippen LogP contribution in [-0.2, 0) is 19.9 Å². The molecule has 0 saturated carbocycles. The van der Waals surface area contributed by atoms with Gasteiger partial charge in [-0.3, -0.25) is 9.59 Å². The van der Waals surface area contributed by atoms with Gasteiger partial charge in [-0.25, -0.2) is 4.79 Å². The number of likely N-dealkylation sites (N-methyl/N-ethyl adjacent to an activating group) is 1. The molecule has 1 aromatic rings. The molecule has 0 bridgehead atoms. The Morgan fingerprint density at radius 1 is 1.25 bits per heavy atom. The van der Waals surface area contributed by atoms with Crippen LogP contribution in [0.5, 0.6) is 0 Å². The van der Waals surface area contributed by atoms with Crippen LogP contribution in [0.1, 0.15) is 19.4 Å². The molecule has 0 heterocycles. The number of nitrogens with zero attached hydrogens (tertiary/aromatic N) is 1. The molecule has 6 nitrogen and oxygen atoms in total. The number of carbonyl (C=O) groups excluding carboxylic acids is 2. The Hall–Kier alpha value is -2.37. The maximum absolute atomic E-state index is 11.9. The van der Waals surface area contributed by atoms with Gasteiger partial charge in [-0.2, -0.15) is 0 Å². The topological polar surface area (TPSA) is 86.7 Å². The van der Waals surface area contributed by atoms with E-state index in [0.29, 0.717) is 5.56 Å². The van der Waals surface area contributed by atoms with E-state index in [9.17, 15) is 19.5 Å². The van der Waals surface area contributed by atoms with Gasteiger partial charge in [0, 0.05) is 14.0 Å². The number of carboxylic acids is 1. The van der Waals surface area contributed by atoms with Crippen molar-refractivity contribution in [3.05, 3.63) is 35.9 Å². The van der Waals surface area contributed by atoms with E-state index < -0.39 is 17.4 Å². The van der Waals surface area contributed by atoms with E-state index in [1.54, 1.807) is 30.3 Å². The first-order chi connectivity index (χ1) is 9.27. The van der Waals surface area contributed by atoms with Gasteiger partial charge in [0.05, 0.1) is 6.54 Å². The van der Waals surface area contributed by atoms with Crippen LogP contribution in [0.2, 0.25) is 0 Å². The monoisotopic (exact) mass is 278 g/mol. The van der Waals surface area contributed by atoms with Gasteiger partial charge in [-0.15, -0.1) is 0 Å². The molecule has 0 fully saturated rings. The van der Waals surface area contributed by atoms with E-state index in [1.165, 1.54) is 25.8 Å². The lowest BCUT2D eigenvalue weighted by Crippen LogP contribution is -2.52. The van der Waals surface area contributed by atoms with Crippen LogP contribution >= 0.6 is 0 Å². The summed E-state index contributed by atoms with van der Waals surface area (Å²) >= 11 is 0. The SMILES string of the molecule is CC(=O)N(C)CC(=O)NC(C)(C(=O)O)c1ccccc1. The zero-order valence-electron chi connectivity index (χ0n) is 11.7. The molecule has 0 aliphatic carbocycles. The van der Waals surface area contributed by atoms with Crippen LogP contribution in [0.3, 0.4) is 0 Å². The van der Waals surface area contributed by atoms with Crippen molar-refractivity contribution in [1.82, 2.24) is 10.2 Å². The minimum Gasteiger partial charge on any atom is -0.479 e. The van der Waals surface area contributed by atoms with Gasteiger partial charge >= 0.3 is 5.97 Å². The summed E-state index contributed by atoms with van der Waals surface area (Å²) in [5, 5.41) is 11.8. The van der Waals surface area contributed by atoms with Crippen LogP contribution < -0.4 is 5.32 Å². The molecule has 0 aliphatic heterocycles. The molecule has 6 heteroatoms. The highest BCUT2D eigenvalue weighted by atomic mass is 16.4. The average molecular weight is 278 g/mol. The van der Waals surface area contributed by atoms with Crippen molar-refractivity contribution in [2.45, 2.75) is 19.4 Å². The highest BCUT2D eigenvalue weighted by Gasteiger charge is 2.36. The van der Waals surface area contributed by atoms with E-state index in [4.69, 9.17) is 0 Å². The summed E-state index contributed by atoms with van der Waals surface area (Å²) in [5.74, 6) is -1.96. The van der Waals surface area contributed by atoms with E-state index in [-0.39, 0.29) is 12.5 Å². The van der Waals surface area contributed by atoms with E-state index in [2.05, 4.69) is 5.32 Å². The van der Waals surface area contributed by atoms with Crippen LogP contribution in [0, 0.1) is 0 Å². The van der Waals surface area contributed by atoms with Crippen LogP contribution in [-0.4, -0.2) is 41.4 Å². The quantitative estimate of drug-likeness (QED) is 0.825. The van der Waals surface area contributed by atoms with Crippen LogP contribution in [0.15, 0.2) is 30.3 Å². The molecule has 0 aromatic heterocycles. The maximum Gasteiger partial charge on any atom is 0.333 e. The first-order valence-electron chi connectivity index (χ1n) is 6.09. The van der Waals surface area contributed by atoms with E-state index in [0.717, 1.165) is 0 Å². The number of hydrogen-bond acceptors (Lipinski definition) is 3. The summed E-state index contributed by atoms with van der Waals surface area (Å²) in [6.07, 6.45) is 0. The number of rotatable bonds is 5. The Bertz CT molecular complexity index is 515. The lowest BCUT2D eigenvalue weighted by molar-refractivity contribution is -0.147. The Morgan fingerprint density at radius 2 is 1.80 bits per heavy atom. The number of aliphatic carboxylic acids is 1. The third-order valence-electron chi connectivity index (χ3n) is 3.09. The van der Waals surface area contributed by atoms with E-state index >= 15 is 0 Å². The first kappa shape index (κ1) is 15.7. The Morgan fingerprint density at radius 3 is 2.25 bits per heavy atom. The Balaban J connectivity index is 2.91. The Kier molecular flexibility index (Phi) is 4.85. The standard InChI is InChI=1S/C14H18N2O4/c1-10(17)16(3)9-12(18)15-14(2,13(19)20)11-7-5-4-6-8-11/h4-8H,9H2,1-3H3,(H,15,18)(H,19,20). The fourth-order valence-corrected chi connectivity index (χ4v) is 1.67. The van der Waals surface area contributed by atoms with Crippen molar-refractivity contribution in [2.75, 3.05) is 13.6 Å². The lowest BCUT2D eigenvalue weighted by Gasteiger charge is -2.27. The molecule has 0 aliphatic rings. The summed E-state index contributed by atoms with van der Waals surface area (Å²) in [6, 6.07) is 8.41. The summed E-state index contributed by atoms with van der Waals surface area (Å²) in [6.45, 7) is 2.56. The molecule has 2 amide bonds. The molecule has 1 aromatic carbocycles. The molecule has 1 unspecified atom stereocenters. The van der Waals surface area contributed by atoms with Crippen molar-refractivity contribution >= 4 is 17.8 Å². The predicted octanol–water partition coefficient (Wildman–Crippen LogP) is 0.581. The minimum absolute atomic E-state index is 0.189. The summed E-state index contributed by atoms with van der Waals surface area (Å²) in [4.78, 5) is 35.7. The van der Waals surface area contributed by atoms with Gasteiger partial charge in [0.15, 0.2) is 5.54 Å². The van der Waals surface area contributed by atoms with Gasteiger partial charge in [-0.1, -0.05) is 30.3 Å². The maximum atomic E-state index is 11.9. The molecule has 0 saturated heterocycles. The largest absolute Gasteiger partial charge is 0.479 e. The number of carbonyl (C=O) groups is 3. The second-order valence-corrected chi connectivity index (χ2v) is 4.72. The molecule has 1 atom stereocenters. The van der Waals surface area contributed by atoms with Crippen LogP contribution in [0.25, 0.3) is 0 Å². The summed E-state index contributed by atoms with van der Waals surface area (Å²) in [5.41, 5.74) is -1.07. The number of hydrogen-bond donors (Lipinski definition) is 2. The number of nitrogens with one attached hydrogen (secondary N) is 1. The van der Waals surface area contributed by atoms with Crippen molar-refractivity contribution in [1.29, 1.82) is 0 Å². The minimum atomic E-state index is -1.53. The molecule has 1 rings (SSSR count). The number of carboxylic acid groups (broad SMARTS) is 1. The van der Waals surface area contributed by atoms with Gasteiger partial charge in [0.25, 0.3) is 0 Å². The lowest BCUT2D eigenvalue weighted by atomic mass is 9.92. The second-order valence-electron chi connectivity index (χ2n) is 4.72. The summed E-state index contributed by atoms with van der Waals surface area (Å²) < 4.78 is 0. The first-order valence-corrected chi connectivity index (χ1v) is 6.09. The van der Waals surface area contributed by atoms with Gasteiger partial charge in [0.1, 0.15) is 0 Å². The normalized spacial score (nSPS) is 13.2. The fourth-order valence-electron chi connectivity index (χ4n) is 1.67. The third-order valence-corrected chi connectivity index (χ3v) is 3.09. The van der Waals surface area contributed by atoms with Crippen molar-refractivity contribution in [3.8, 4) is 0 Å². The third kappa shape index (κ3) is 3.57. The molecule has 108 valence electrons. The zero-order valence-corrected chi connectivity index (χ0v) is 11.7. The average Bonchev–Trinajstić information content (AvgIpc) is 2.38. The molecule has 20 heavy (non-hydrogen) atoms. The second kappa shape index (κ2) is 6.18. The molecule has 0 radical (unpaired) electrons. The van der Waals surface area contributed by atoms with Gasteiger partial charge in [-0.05, 0) is 12.5 Å². The highest BCUT2D eigenvalue weighted by Crippen LogP contribution is 2.20. The predicted molar refractivity (Wildman–Crippen MR) is 72.9 cm³/mol. The van der Waals surface area contributed by atoms with Gasteiger partial charge < -0.3 is 15.3 Å². The highest BCUT2D eigenvalue weighted by molar-refractivity contribution is 5.90. The van der Waals surface area contributed by atoms with Crippen molar-refractivity contribution < 1.29 is 19.5 Å². The molecule has 0 spiro atoms. The number of benzene rings is 1. The number of amides is 2. The molecular weight excluding hydrogens is 260 g/mol. The smallest absolute Gasteiger partial charge is 0.333 e. The van der Waals surface area contributed by atoms with Crippen molar-refractivity contribution in [2.24, 2.45) is 0 Å². The summed E-state index contributed by atoms with van der Waals surface area (Å²) in [7, 11) is 1.47. The fraction of sp³-hybridized carbons (Fsp3) is 0.357. The Labute approximate surface area is 117 Å². The van der Waals surface area contributed by atoms with Crippen LogP contribution in [0.4, 0.5) is 0 Å².